The fraction of sp³-hybridized carbons (Fsp3) is 0. The Balaban J connectivity index is 1.98. The molecule has 0 atom stereocenters. The van der Waals surface area contributed by atoms with Crippen molar-refractivity contribution >= 4 is 28.9 Å². The highest BCUT2D eigenvalue weighted by molar-refractivity contribution is 7.12. The Morgan fingerprint density at radius 2 is 1.86 bits per heavy atom. The van der Waals surface area contributed by atoms with Crippen molar-refractivity contribution < 1.29 is 19.1 Å². The van der Waals surface area contributed by atoms with Gasteiger partial charge in [-0.1, -0.05) is 18.2 Å². The first-order valence-corrected chi connectivity index (χ1v) is 7.30. The molecule has 0 aliphatic rings. The van der Waals surface area contributed by atoms with Crippen LogP contribution in [0, 0.1) is 0 Å². The van der Waals surface area contributed by atoms with Gasteiger partial charge >= 0.3 is 5.97 Å². The largest absolute Gasteiger partial charge is 0.477 e. The second kappa shape index (κ2) is 5.87. The van der Waals surface area contributed by atoms with Crippen LogP contribution in [0.3, 0.4) is 0 Å². The van der Waals surface area contributed by atoms with Crippen LogP contribution in [-0.2, 0) is 0 Å². The average Bonchev–Trinajstić information content (AvgIpc) is 3.19. The van der Waals surface area contributed by atoms with Crippen LogP contribution in [0.1, 0.15) is 20.2 Å². The smallest absolute Gasteiger partial charge is 0.346 e. The molecule has 0 aliphatic heterocycles. The van der Waals surface area contributed by atoms with Gasteiger partial charge in [-0.25, -0.2) is 4.79 Å². The normalized spacial score (nSPS) is 10.4. The van der Waals surface area contributed by atoms with Gasteiger partial charge in [0.25, 0.3) is 5.91 Å². The summed E-state index contributed by atoms with van der Waals surface area (Å²) in [5, 5.41) is 13.7. The van der Waals surface area contributed by atoms with Gasteiger partial charge in [-0.2, -0.15) is 0 Å². The quantitative estimate of drug-likeness (QED) is 0.764. The van der Waals surface area contributed by atoms with Crippen LogP contribution in [0.15, 0.2) is 58.5 Å². The van der Waals surface area contributed by atoms with Crippen molar-refractivity contribution in [1.29, 1.82) is 0 Å². The molecule has 2 heterocycles. The van der Waals surface area contributed by atoms with Crippen LogP contribution in [0.25, 0.3) is 11.1 Å². The Kier molecular flexibility index (Phi) is 3.76. The first-order valence-electron chi connectivity index (χ1n) is 6.42. The Hall–Kier alpha value is -2.86. The molecular formula is C16H11NO4S. The molecule has 1 aromatic carbocycles. The van der Waals surface area contributed by atoms with Crippen LogP contribution in [-0.4, -0.2) is 17.0 Å². The molecule has 0 radical (unpaired) electrons. The van der Waals surface area contributed by atoms with E-state index in [0.717, 1.165) is 11.3 Å². The molecule has 0 saturated carbocycles. The van der Waals surface area contributed by atoms with E-state index < -0.39 is 5.97 Å². The third-order valence-electron chi connectivity index (χ3n) is 3.07. The Bertz CT molecular complexity index is 820. The molecule has 5 nitrogen and oxygen atoms in total. The lowest BCUT2D eigenvalue weighted by Gasteiger charge is -2.10. The number of amides is 1. The van der Waals surface area contributed by atoms with E-state index in [1.165, 1.54) is 6.26 Å². The summed E-state index contributed by atoms with van der Waals surface area (Å²) >= 11 is 1.15. The van der Waals surface area contributed by atoms with E-state index in [0.29, 0.717) is 16.8 Å². The molecule has 22 heavy (non-hydrogen) atoms. The molecule has 0 saturated heterocycles. The fourth-order valence-electron chi connectivity index (χ4n) is 2.11. The minimum atomic E-state index is -0.989. The number of thiophene rings is 1. The van der Waals surface area contributed by atoms with Crippen molar-refractivity contribution in [1.82, 2.24) is 0 Å². The summed E-state index contributed by atoms with van der Waals surface area (Å²) < 4.78 is 5.06. The van der Waals surface area contributed by atoms with Crippen LogP contribution >= 0.6 is 11.3 Å². The van der Waals surface area contributed by atoms with E-state index >= 15 is 0 Å². The summed E-state index contributed by atoms with van der Waals surface area (Å²) in [5.41, 5.74) is 1.76. The number of anilines is 1. The van der Waals surface area contributed by atoms with Gasteiger partial charge in [0, 0.05) is 16.8 Å². The monoisotopic (exact) mass is 313 g/mol. The Morgan fingerprint density at radius 3 is 2.59 bits per heavy atom. The summed E-state index contributed by atoms with van der Waals surface area (Å²) in [4.78, 5) is 23.6. The molecule has 0 bridgehead atoms. The number of furan rings is 1. The highest BCUT2D eigenvalue weighted by Crippen LogP contribution is 2.33. The molecule has 0 unspecified atom stereocenters. The van der Waals surface area contributed by atoms with Crippen molar-refractivity contribution in [2.45, 2.75) is 0 Å². The van der Waals surface area contributed by atoms with Crippen LogP contribution < -0.4 is 5.32 Å². The first kappa shape index (κ1) is 14.1. The van der Waals surface area contributed by atoms with Gasteiger partial charge in [-0.05, 0) is 29.6 Å². The average molecular weight is 313 g/mol. The zero-order valence-electron chi connectivity index (χ0n) is 11.3. The van der Waals surface area contributed by atoms with E-state index in [9.17, 15) is 14.7 Å². The number of carboxylic acid groups (broad SMARTS) is 1. The molecule has 0 spiro atoms. The number of aromatic carboxylic acids is 1. The van der Waals surface area contributed by atoms with E-state index in [1.54, 1.807) is 47.8 Å². The van der Waals surface area contributed by atoms with Gasteiger partial charge in [0.2, 0.25) is 0 Å². The maximum absolute atomic E-state index is 12.1. The van der Waals surface area contributed by atoms with Gasteiger partial charge in [-0.3, -0.25) is 4.79 Å². The highest BCUT2D eigenvalue weighted by atomic mass is 32.1. The molecule has 2 aromatic heterocycles. The van der Waals surface area contributed by atoms with Gasteiger partial charge in [0.05, 0.1) is 6.26 Å². The second-order valence-corrected chi connectivity index (χ2v) is 5.36. The Morgan fingerprint density at radius 1 is 1.05 bits per heavy atom. The van der Waals surface area contributed by atoms with Crippen LogP contribution in [0.5, 0.6) is 0 Å². The highest BCUT2D eigenvalue weighted by Gasteiger charge is 2.17. The number of carbonyl (C=O) groups is 2. The predicted octanol–water partition coefficient (Wildman–Crippen LogP) is 3.96. The summed E-state index contributed by atoms with van der Waals surface area (Å²) in [6.07, 6.45) is 1.42. The number of carboxylic acids is 1. The van der Waals surface area contributed by atoms with Crippen molar-refractivity contribution in [3.63, 3.8) is 0 Å². The zero-order chi connectivity index (χ0) is 15.5. The lowest BCUT2D eigenvalue weighted by atomic mass is 10.0. The SMILES string of the molecule is O=C(Nc1ccccc1-c1ccsc1C(=O)O)c1ccco1. The summed E-state index contributed by atoms with van der Waals surface area (Å²) in [7, 11) is 0. The third-order valence-corrected chi connectivity index (χ3v) is 3.97. The first-order chi connectivity index (χ1) is 10.7. The van der Waals surface area contributed by atoms with Gasteiger partial charge in [-0.15, -0.1) is 11.3 Å². The Labute approximate surface area is 129 Å². The van der Waals surface area contributed by atoms with Gasteiger partial charge in [0.1, 0.15) is 4.88 Å². The lowest BCUT2D eigenvalue weighted by molar-refractivity contribution is 0.0702. The van der Waals surface area contributed by atoms with Crippen molar-refractivity contribution in [2.75, 3.05) is 5.32 Å². The number of hydrogen-bond donors (Lipinski definition) is 2. The molecule has 2 N–H and O–H groups in total. The molecule has 1 amide bonds. The predicted molar refractivity (Wildman–Crippen MR) is 83.4 cm³/mol. The summed E-state index contributed by atoms with van der Waals surface area (Å²) in [5.74, 6) is -1.18. The van der Waals surface area contributed by atoms with E-state index in [2.05, 4.69) is 5.32 Å². The number of carbonyl (C=O) groups excluding carboxylic acids is 1. The maximum atomic E-state index is 12.1. The van der Waals surface area contributed by atoms with Crippen molar-refractivity contribution in [3.8, 4) is 11.1 Å². The minimum Gasteiger partial charge on any atom is -0.477 e. The van der Waals surface area contributed by atoms with Crippen molar-refractivity contribution in [2.24, 2.45) is 0 Å². The molecule has 6 heteroatoms. The number of rotatable bonds is 4. The molecule has 3 rings (SSSR count). The van der Waals surface area contributed by atoms with Crippen molar-refractivity contribution in [3.05, 3.63) is 64.7 Å². The molecule has 3 aromatic rings. The second-order valence-electron chi connectivity index (χ2n) is 4.45. The van der Waals surface area contributed by atoms with E-state index in [-0.39, 0.29) is 16.5 Å². The van der Waals surface area contributed by atoms with E-state index in [1.807, 2.05) is 0 Å². The molecule has 0 aliphatic carbocycles. The number of hydrogen-bond acceptors (Lipinski definition) is 4. The summed E-state index contributed by atoms with van der Waals surface area (Å²) in [6, 6.07) is 12.0. The molecule has 0 fully saturated rings. The van der Waals surface area contributed by atoms with Gasteiger partial charge in [0.15, 0.2) is 5.76 Å². The van der Waals surface area contributed by atoms with Crippen LogP contribution in [0.4, 0.5) is 5.69 Å². The summed E-state index contributed by atoms with van der Waals surface area (Å²) in [6.45, 7) is 0. The number of para-hydroxylation sites is 1. The van der Waals surface area contributed by atoms with Gasteiger partial charge < -0.3 is 14.8 Å². The van der Waals surface area contributed by atoms with Crippen LogP contribution in [0.2, 0.25) is 0 Å². The minimum absolute atomic E-state index is 0.193. The number of benzene rings is 1. The van der Waals surface area contributed by atoms with E-state index in [4.69, 9.17) is 4.42 Å². The topological polar surface area (TPSA) is 79.5 Å². The molecule has 110 valence electrons. The fourth-order valence-corrected chi connectivity index (χ4v) is 2.85. The third kappa shape index (κ3) is 2.64. The maximum Gasteiger partial charge on any atom is 0.346 e. The lowest BCUT2D eigenvalue weighted by Crippen LogP contribution is -2.11. The number of nitrogens with one attached hydrogen (secondary N) is 1. The molecular weight excluding hydrogens is 302 g/mol. The zero-order valence-corrected chi connectivity index (χ0v) is 12.1. The standard InChI is InChI=1S/C16H11NO4S/c18-15(13-6-3-8-21-13)17-12-5-2-1-4-10(12)11-7-9-22-14(11)16(19)20/h1-9H,(H,17,18)(H,19,20).